The maximum Gasteiger partial charge on any atom is 0.416 e. The average Bonchev–Trinajstić information content (AvgIpc) is 3.13. The van der Waals surface area contributed by atoms with Crippen LogP contribution in [-0.4, -0.2) is 18.4 Å². The van der Waals surface area contributed by atoms with Gasteiger partial charge in [0.2, 0.25) is 11.8 Å². The lowest BCUT2D eigenvalue weighted by Gasteiger charge is -2.16. The molecule has 0 saturated heterocycles. The molecule has 1 aliphatic rings. The van der Waals surface area contributed by atoms with E-state index >= 15 is 0 Å². The molecule has 0 spiro atoms. The minimum absolute atomic E-state index is 0.00382. The van der Waals surface area contributed by atoms with Crippen LogP contribution in [0.5, 0.6) is 0 Å². The van der Waals surface area contributed by atoms with E-state index in [1.54, 1.807) is 6.08 Å². The Kier molecular flexibility index (Phi) is 7.35. The minimum Gasteiger partial charge on any atom is -0.366 e. The summed E-state index contributed by atoms with van der Waals surface area (Å²) in [5.41, 5.74) is 4.42. The quantitative estimate of drug-likeness (QED) is 0.388. The van der Waals surface area contributed by atoms with Crippen molar-refractivity contribution in [1.82, 2.24) is 5.32 Å². The number of nitrogens with two attached hydrogens (primary N) is 1. The summed E-state index contributed by atoms with van der Waals surface area (Å²) in [6, 6.07) is 6.52. The number of rotatable bonds is 7. The summed E-state index contributed by atoms with van der Waals surface area (Å²) in [6.07, 6.45) is -5.76. The molecule has 2 aromatic rings. The first kappa shape index (κ1) is 25.3. The smallest absolute Gasteiger partial charge is 0.366 e. The number of primary amides is 1. The molecule has 0 bridgehead atoms. The first-order chi connectivity index (χ1) is 15.8. The molecule has 34 heavy (non-hydrogen) atoms. The Bertz CT molecular complexity index is 1080. The van der Waals surface area contributed by atoms with Crippen LogP contribution >= 0.6 is 0 Å². The molecule has 4 N–H and O–H groups in total. The Morgan fingerprint density at radius 1 is 1.00 bits per heavy atom. The number of hydrogen-bond donors (Lipinski definition) is 3. The molecule has 1 unspecified atom stereocenters. The normalized spacial score (nSPS) is 16.0. The fourth-order valence-electron chi connectivity index (χ4n) is 3.74. The van der Waals surface area contributed by atoms with Crippen LogP contribution in [0, 0.1) is 0 Å². The first-order valence-electron chi connectivity index (χ1n) is 10.3. The number of amides is 2. The van der Waals surface area contributed by atoms with Crippen molar-refractivity contribution in [2.24, 2.45) is 5.73 Å². The Labute approximate surface area is 191 Å². The molecule has 2 amide bonds. The van der Waals surface area contributed by atoms with Crippen molar-refractivity contribution in [3.05, 3.63) is 70.3 Å². The van der Waals surface area contributed by atoms with Crippen molar-refractivity contribution >= 4 is 23.6 Å². The Balaban J connectivity index is 1.59. The van der Waals surface area contributed by atoms with Crippen LogP contribution in [0.15, 0.2) is 42.5 Å². The van der Waals surface area contributed by atoms with Crippen LogP contribution in [0.3, 0.4) is 0 Å². The monoisotopic (exact) mass is 485 g/mol. The van der Waals surface area contributed by atoms with Gasteiger partial charge in [0, 0.05) is 30.8 Å². The van der Waals surface area contributed by atoms with Crippen molar-refractivity contribution in [3.8, 4) is 0 Å². The molecular weight excluding hydrogens is 464 g/mol. The summed E-state index contributed by atoms with van der Waals surface area (Å²) in [5, 5.41) is 5.30. The minimum atomic E-state index is -4.99. The van der Waals surface area contributed by atoms with Gasteiger partial charge in [-0.05, 0) is 53.8 Å². The largest absolute Gasteiger partial charge is 0.416 e. The lowest BCUT2D eigenvalue weighted by atomic mass is 10.0. The number of hydrogen-bond acceptors (Lipinski definition) is 3. The summed E-state index contributed by atoms with van der Waals surface area (Å²) in [7, 11) is 0. The molecule has 1 aliphatic carbocycles. The van der Waals surface area contributed by atoms with Crippen LogP contribution in [0.25, 0.3) is 6.08 Å². The SMILES string of the molecule is NC(=O)/C=C/c1ccc2c(c1)CCC2NCCC(=O)Nc1cc(C(F)(F)F)cc(C(F)(F)F)c1. The molecule has 5 nitrogen and oxygen atoms in total. The number of carbonyl (C=O) groups is 2. The van der Waals surface area contributed by atoms with Crippen LogP contribution in [0.1, 0.15) is 46.7 Å². The van der Waals surface area contributed by atoms with E-state index in [9.17, 15) is 35.9 Å². The van der Waals surface area contributed by atoms with Crippen molar-refractivity contribution in [2.45, 2.75) is 37.7 Å². The van der Waals surface area contributed by atoms with Crippen molar-refractivity contribution in [3.63, 3.8) is 0 Å². The molecule has 0 heterocycles. The highest BCUT2D eigenvalue weighted by molar-refractivity contribution is 5.91. The molecule has 0 aliphatic heterocycles. The molecule has 182 valence electrons. The van der Waals surface area contributed by atoms with Gasteiger partial charge in [0.1, 0.15) is 0 Å². The standard InChI is InChI=1S/C23H21F6N3O2/c24-22(25,26)15-10-16(23(27,28)29)12-17(11-15)32-21(34)7-8-31-19-5-3-14-9-13(1-4-18(14)19)2-6-20(30)33/h1-2,4,6,9-12,19,31H,3,5,7-8H2,(H2,30,33)(H,32,34)/b6-2+. The Morgan fingerprint density at radius 2 is 1.65 bits per heavy atom. The molecule has 0 saturated carbocycles. The van der Waals surface area contributed by atoms with Gasteiger partial charge in [0.25, 0.3) is 0 Å². The number of benzene rings is 2. The maximum absolute atomic E-state index is 13.0. The number of nitrogens with one attached hydrogen (secondary N) is 2. The van der Waals surface area contributed by atoms with E-state index in [0.29, 0.717) is 12.1 Å². The summed E-state index contributed by atoms with van der Waals surface area (Å²) < 4.78 is 77.8. The maximum atomic E-state index is 13.0. The number of carbonyl (C=O) groups excluding carboxylic acids is 2. The third kappa shape index (κ3) is 6.60. The Hall–Kier alpha value is -3.34. The number of aryl methyl sites for hydroxylation is 1. The number of alkyl halides is 6. The van der Waals surface area contributed by atoms with E-state index in [1.165, 1.54) is 6.08 Å². The lowest BCUT2D eigenvalue weighted by Crippen LogP contribution is -2.25. The zero-order valence-electron chi connectivity index (χ0n) is 17.7. The lowest BCUT2D eigenvalue weighted by molar-refractivity contribution is -0.143. The van der Waals surface area contributed by atoms with Crippen LogP contribution in [0.2, 0.25) is 0 Å². The summed E-state index contributed by atoms with van der Waals surface area (Å²) in [4.78, 5) is 23.0. The molecule has 1 atom stereocenters. The third-order valence-corrected chi connectivity index (χ3v) is 5.30. The van der Waals surface area contributed by atoms with Crippen LogP contribution in [0.4, 0.5) is 32.0 Å². The summed E-state index contributed by atoms with van der Waals surface area (Å²) in [6.45, 7) is 0.171. The molecule has 0 fully saturated rings. The van der Waals surface area contributed by atoms with E-state index in [1.807, 2.05) is 18.2 Å². The highest BCUT2D eigenvalue weighted by atomic mass is 19.4. The van der Waals surface area contributed by atoms with Crippen molar-refractivity contribution in [2.75, 3.05) is 11.9 Å². The fraction of sp³-hybridized carbons (Fsp3) is 0.304. The summed E-state index contributed by atoms with van der Waals surface area (Å²) >= 11 is 0. The number of halogens is 6. The van der Waals surface area contributed by atoms with Gasteiger partial charge in [-0.2, -0.15) is 26.3 Å². The molecule has 11 heteroatoms. The van der Waals surface area contributed by atoms with E-state index in [2.05, 4.69) is 10.6 Å². The van der Waals surface area contributed by atoms with Gasteiger partial charge in [-0.15, -0.1) is 0 Å². The predicted octanol–water partition coefficient (Wildman–Crippen LogP) is 4.83. The van der Waals surface area contributed by atoms with Crippen molar-refractivity contribution in [1.29, 1.82) is 0 Å². The highest BCUT2D eigenvalue weighted by Crippen LogP contribution is 2.37. The van der Waals surface area contributed by atoms with Gasteiger partial charge in [0.15, 0.2) is 0 Å². The molecule has 3 rings (SSSR count). The number of fused-ring (bicyclic) bond motifs is 1. The van der Waals surface area contributed by atoms with Crippen molar-refractivity contribution < 1.29 is 35.9 Å². The second-order valence-electron chi connectivity index (χ2n) is 7.83. The second kappa shape index (κ2) is 9.88. The zero-order valence-corrected chi connectivity index (χ0v) is 17.7. The topological polar surface area (TPSA) is 84.2 Å². The highest BCUT2D eigenvalue weighted by Gasteiger charge is 2.37. The van der Waals surface area contributed by atoms with E-state index in [4.69, 9.17) is 5.73 Å². The fourth-order valence-corrected chi connectivity index (χ4v) is 3.74. The van der Waals surface area contributed by atoms with E-state index < -0.39 is 41.0 Å². The van der Waals surface area contributed by atoms with Gasteiger partial charge in [-0.25, -0.2) is 0 Å². The third-order valence-electron chi connectivity index (χ3n) is 5.30. The van der Waals surface area contributed by atoms with Gasteiger partial charge in [-0.3, -0.25) is 9.59 Å². The van der Waals surface area contributed by atoms with Crippen LogP contribution in [-0.2, 0) is 28.4 Å². The molecule has 0 aromatic heterocycles. The predicted molar refractivity (Wildman–Crippen MR) is 113 cm³/mol. The van der Waals surface area contributed by atoms with Gasteiger partial charge in [0.05, 0.1) is 11.1 Å². The molecular formula is C23H21F6N3O2. The van der Waals surface area contributed by atoms with E-state index in [0.717, 1.165) is 29.5 Å². The second-order valence-corrected chi connectivity index (χ2v) is 7.83. The van der Waals surface area contributed by atoms with Crippen LogP contribution < -0.4 is 16.4 Å². The van der Waals surface area contributed by atoms with Gasteiger partial charge < -0.3 is 16.4 Å². The zero-order chi connectivity index (χ0) is 25.1. The first-order valence-corrected chi connectivity index (χ1v) is 10.3. The molecule has 0 radical (unpaired) electrons. The van der Waals surface area contributed by atoms with Gasteiger partial charge >= 0.3 is 12.4 Å². The van der Waals surface area contributed by atoms with Gasteiger partial charge in [-0.1, -0.05) is 18.2 Å². The Morgan fingerprint density at radius 3 is 2.24 bits per heavy atom. The molecule has 2 aromatic carbocycles. The summed E-state index contributed by atoms with van der Waals surface area (Å²) in [5.74, 6) is -1.27. The average molecular weight is 485 g/mol. The number of anilines is 1. The van der Waals surface area contributed by atoms with E-state index in [-0.39, 0.29) is 25.1 Å².